The Morgan fingerprint density at radius 2 is 2.22 bits per heavy atom. The lowest BCUT2D eigenvalue weighted by molar-refractivity contribution is 0.0662. The molecule has 0 radical (unpaired) electrons. The number of imidazole rings is 1. The first-order chi connectivity index (χ1) is 13.2. The van der Waals surface area contributed by atoms with E-state index in [1.54, 1.807) is 30.4 Å². The molecule has 0 unspecified atom stereocenters. The van der Waals surface area contributed by atoms with Crippen LogP contribution < -0.4 is 4.74 Å². The van der Waals surface area contributed by atoms with Crippen molar-refractivity contribution in [2.24, 2.45) is 5.92 Å². The Balaban J connectivity index is 1.47. The molecule has 1 saturated heterocycles. The monoisotopic (exact) mass is 365 g/mol. The van der Waals surface area contributed by atoms with Crippen LogP contribution in [0.1, 0.15) is 23.2 Å². The fourth-order valence-corrected chi connectivity index (χ4v) is 3.66. The largest absolute Gasteiger partial charge is 0.494 e. The van der Waals surface area contributed by atoms with Crippen LogP contribution in [-0.2, 0) is 6.54 Å². The van der Waals surface area contributed by atoms with E-state index in [1.807, 2.05) is 41.7 Å². The van der Waals surface area contributed by atoms with Crippen molar-refractivity contribution < 1.29 is 9.53 Å². The molecule has 27 heavy (non-hydrogen) atoms. The maximum Gasteiger partial charge on any atom is 0.257 e. The lowest BCUT2D eigenvalue weighted by Gasteiger charge is -2.32. The van der Waals surface area contributed by atoms with Gasteiger partial charge in [0.25, 0.3) is 5.91 Å². The molecule has 0 N–H and O–H groups in total. The number of methoxy groups -OCH3 is 1. The predicted octanol–water partition coefficient (Wildman–Crippen LogP) is 2.63. The van der Waals surface area contributed by atoms with Crippen LogP contribution in [-0.4, -0.2) is 50.3 Å². The standard InChI is InChI=1S/C20H23N5O2/c1-27-19-7-3-2-6-18(19)25-14-17(11-22-25)20(26)24-9-4-5-16(13-24)12-23-10-8-21-15-23/h2-3,6-8,10-11,14-16H,4-5,9,12-13H2,1H3/t16-/m1/s1. The van der Waals surface area contributed by atoms with Crippen molar-refractivity contribution in [3.63, 3.8) is 0 Å². The number of para-hydroxylation sites is 2. The van der Waals surface area contributed by atoms with Gasteiger partial charge in [-0.15, -0.1) is 0 Å². The lowest BCUT2D eigenvalue weighted by atomic mass is 9.97. The summed E-state index contributed by atoms with van der Waals surface area (Å²) in [4.78, 5) is 19.0. The van der Waals surface area contributed by atoms with Gasteiger partial charge in [0.1, 0.15) is 11.4 Å². The van der Waals surface area contributed by atoms with E-state index >= 15 is 0 Å². The number of ether oxygens (including phenoxy) is 1. The van der Waals surface area contributed by atoms with Gasteiger partial charge in [0.2, 0.25) is 0 Å². The zero-order valence-electron chi connectivity index (χ0n) is 15.4. The van der Waals surface area contributed by atoms with Gasteiger partial charge in [-0.2, -0.15) is 5.10 Å². The maximum absolute atomic E-state index is 13.0. The van der Waals surface area contributed by atoms with Gasteiger partial charge in [-0.05, 0) is 30.9 Å². The molecule has 0 saturated carbocycles. The van der Waals surface area contributed by atoms with Crippen molar-refractivity contribution >= 4 is 5.91 Å². The molecule has 0 aliphatic carbocycles. The Hall–Kier alpha value is -3.09. The van der Waals surface area contributed by atoms with Crippen molar-refractivity contribution in [1.82, 2.24) is 24.2 Å². The van der Waals surface area contributed by atoms with E-state index in [0.29, 0.717) is 11.5 Å². The summed E-state index contributed by atoms with van der Waals surface area (Å²) >= 11 is 0. The number of piperidine rings is 1. The summed E-state index contributed by atoms with van der Waals surface area (Å²) in [5.74, 6) is 1.20. The molecule has 1 aromatic carbocycles. The number of hydrogen-bond donors (Lipinski definition) is 0. The van der Waals surface area contributed by atoms with Crippen molar-refractivity contribution in [2.45, 2.75) is 19.4 Å². The molecular formula is C20H23N5O2. The summed E-state index contributed by atoms with van der Waals surface area (Å²) in [6, 6.07) is 7.63. The van der Waals surface area contributed by atoms with E-state index in [0.717, 1.165) is 43.9 Å². The second-order valence-electron chi connectivity index (χ2n) is 6.86. The normalized spacial score (nSPS) is 17.1. The first kappa shape index (κ1) is 17.3. The van der Waals surface area contributed by atoms with Crippen molar-refractivity contribution in [3.8, 4) is 11.4 Å². The number of rotatable bonds is 5. The number of hydrogen-bond acceptors (Lipinski definition) is 4. The van der Waals surface area contributed by atoms with Gasteiger partial charge in [-0.1, -0.05) is 12.1 Å². The lowest BCUT2D eigenvalue weighted by Crippen LogP contribution is -2.40. The van der Waals surface area contributed by atoms with Crippen LogP contribution in [0.4, 0.5) is 0 Å². The second-order valence-corrected chi connectivity index (χ2v) is 6.86. The summed E-state index contributed by atoms with van der Waals surface area (Å²) in [5.41, 5.74) is 1.42. The van der Waals surface area contributed by atoms with Gasteiger partial charge < -0.3 is 14.2 Å². The molecule has 7 nitrogen and oxygen atoms in total. The predicted molar refractivity (Wildman–Crippen MR) is 101 cm³/mol. The molecule has 1 aliphatic heterocycles. The summed E-state index contributed by atoms with van der Waals surface area (Å²) < 4.78 is 9.16. The quantitative estimate of drug-likeness (QED) is 0.697. The Bertz CT molecular complexity index is 903. The zero-order chi connectivity index (χ0) is 18.6. The van der Waals surface area contributed by atoms with Gasteiger partial charge >= 0.3 is 0 Å². The van der Waals surface area contributed by atoms with E-state index in [-0.39, 0.29) is 5.91 Å². The van der Waals surface area contributed by atoms with Gasteiger partial charge in [-0.3, -0.25) is 4.79 Å². The minimum absolute atomic E-state index is 0.0338. The number of carbonyl (C=O) groups excluding carboxylic acids is 1. The molecule has 2 aromatic heterocycles. The molecule has 7 heteroatoms. The van der Waals surface area contributed by atoms with Crippen LogP contribution in [0.5, 0.6) is 5.75 Å². The molecule has 0 spiro atoms. The molecule has 0 bridgehead atoms. The number of amides is 1. The van der Waals surface area contributed by atoms with Crippen LogP contribution in [0.3, 0.4) is 0 Å². The third-order valence-electron chi connectivity index (χ3n) is 5.00. The van der Waals surface area contributed by atoms with Crippen LogP contribution in [0.2, 0.25) is 0 Å². The van der Waals surface area contributed by atoms with E-state index in [2.05, 4.69) is 14.6 Å². The molecule has 1 aliphatic rings. The van der Waals surface area contributed by atoms with Crippen LogP contribution in [0.25, 0.3) is 5.69 Å². The number of carbonyl (C=O) groups is 1. The minimum atomic E-state index is 0.0338. The maximum atomic E-state index is 13.0. The van der Waals surface area contributed by atoms with Crippen molar-refractivity contribution in [1.29, 1.82) is 0 Å². The molecular weight excluding hydrogens is 342 g/mol. The molecule has 1 atom stereocenters. The summed E-state index contributed by atoms with van der Waals surface area (Å²) in [6.45, 7) is 2.44. The number of nitrogens with zero attached hydrogens (tertiary/aromatic N) is 5. The third-order valence-corrected chi connectivity index (χ3v) is 5.00. The van der Waals surface area contributed by atoms with Crippen LogP contribution in [0, 0.1) is 5.92 Å². The Morgan fingerprint density at radius 1 is 1.33 bits per heavy atom. The van der Waals surface area contributed by atoms with Gasteiger partial charge in [0.15, 0.2) is 0 Å². The second kappa shape index (κ2) is 7.65. The SMILES string of the molecule is COc1ccccc1-n1cc(C(=O)N2CCC[C@H](Cn3ccnc3)C2)cn1. The summed E-state index contributed by atoms with van der Waals surface area (Å²) in [6.07, 6.45) is 11.1. The highest BCUT2D eigenvalue weighted by Gasteiger charge is 2.25. The highest BCUT2D eigenvalue weighted by Crippen LogP contribution is 2.23. The highest BCUT2D eigenvalue weighted by molar-refractivity contribution is 5.93. The number of likely N-dealkylation sites (tertiary alicyclic amines) is 1. The molecule has 3 aromatic rings. The minimum Gasteiger partial charge on any atom is -0.494 e. The van der Waals surface area contributed by atoms with Gasteiger partial charge in [0.05, 0.1) is 25.2 Å². The van der Waals surface area contributed by atoms with E-state index < -0.39 is 0 Å². The van der Waals surface area contributed by atoms with Gasteiger partial charge in [-0.25, -0.2) is 9.67 Å². The van der Waals surface area contributed by atoms with Gasteiger partial charge in [0, 0.05) is 38.2 Å². The molecule has 1 amide bonds. The topological polar surface area (TPSA) is 65.2 Å². The Morgan fingerprint density at radius 3 is 3.04 bits per heavy atom. The molecule has 140 valence electrons. The third kappa shape index (κ3) is 3.72. The number of aromatic nitrogens is 4. The van der Waals surface area contributed by atoms with E-state index in [4.69, 9.17) is 4.74 Å². The fraction of sp³-hybridized carbons (Fsp3) is 0.350. The van der Waals surface area contributed by atoms with Crippen LogP contribution in [0.15, 0.2) is 55.4 Å². The first-order valence-corrected chi connectivity index (χ1v) is 9.17. The average molecular weight is 365 g/mol. The Labute approximate surface area is 158 Å². The zero-order valence-corrected chi connectivity index (χ0v) is 15.4. The Kier molecular flexibility index (Phi) is 4.91. The van der Waals surface area contributed by atoms with E-state index in [1.165, 1.54) is 0 Å². The van der Waals surface area contributed by atoms with Crippen molar-refractivity contribution in [2.75, 3.05) is 20.2 Å². The van der Waals surface area contributed by atoms with Crippen molar-refractivity contribution in [3.05, 3.63) is 60.9 Å². The summed E-state index contributed by atoms with van der Waals surface area (Å²) in [5, 5.41) is 4.37. The highest BCUT2D eigenvalue weighted by atomic mass is 16.5. The smallest absolute Gasteiger partial charge is 0.257 e. The summed E-state index contributed by atoms with van der Waals surface area (Å²) in [7, 11) is 1.63. The molecule has 3 heterocycles. The first-order valence-electron chi connectivity index (χ1n) is 9.17. The molecule has 1 fully saturated rings. The van der Waals surface area contributed by atoms with E-state index in [9.17, 15) is 4.79 Å². The fourth-order valence-electron chi connectivity index (χ4n) is 3.66. The van der Waals surface area contributed by atoms with Crippen LogP contribution >= 0.6 is 0 Å². The molecule has 4 rings (SSSR count). The number of benzene rings is 1. The average Bonchev–Trinajstić information content (AvgIpc) is 3.40.